The molecule has 0 fully saturated rings. The van der Waals surface area contributed by atoms with Crippen molar-refractivity contribution < 1.29 is 45.5 Å². The van der Waals surface area contributed by atoms with Crippen molar-refractivity contribution in [2.45, 2.75) is 11.1 Å². The Labute approximate surface area is 104 Å². The van der Waals surface area contributed by atoms with Crippen LogP contribution in [0.5, 0.6) is 5.75 Å². The molecule has 0 saturated heterocycles. The van der Waals surface area contributed by atoms with E-state index in [9.17, 15) is 21.9 Å². The zero-order valence-corrected chi connectivity index (χ0v) is 9.32. The Bertz CT molecular complexity index is 395. The quantitative estimate of drug-likeness (QED) is 0.494. The fraction of sp³-hybridized carbons (Fsp3) is 0.250. The number of rotatable bonds is 2. The van der Waals surface area contributed by atoms with E-state index >= 15 is 0 Å². The van der Waals surface area contributed by atoms with Crippen LogP contribution in [0, 0.1) is 0 Å². The van der Waals surface area contributed by atoms with Crippen LogP contribution in [-0.2, 0) is 17.3 Å². The van der Waals surface area contributed by atoms with Gasteiger partial charge in [0.15, 0.2) is 0 Å². The molecule has 1 rings (SSSR count). The van der Waals surface area contributed by atoms with Gasteiger partial charge in [-0.1, -0.05) is 0 Å². The largest absolute Gasteiger partial charge is 1.00 e. The first kappa shape index (κ1) is 15.5. The van der Waals surface area contributed by atoms with Gasteiger partial charge in [0.25, 0.3) is 0 Å². The van der Waals surface area contributed by atoms with Gasteiger partial charge in [-0.05, 0) is 29.3 Å². The van der Waals surface area contributed by atoms with Crippen molar-refractivity contribution in [2.75, 3.05) is 7.11 Å². The molecule has 1 atom stereocenters. The van der Waals surface area contributed by atoms with Crippen molar-refractivity contribution >= 4 is 11.1 Å². The first-order valence-electron chi connectivity index (χ1n) is 3.70. The van der Waals surface area contributed by atoms with E-state index in [4.69, 9.17) is 0 Å². The van der Waals surface area contributed by atoms with E-state index < -0.39 is 28.6 Å². The number of alkyl halides is 3. The van der Waals surface area contributed by atoms with Gasteiger partial charge >= 0.3 is 25.0 Å². The van der Waals surface area contributed by atoms with E-state index in [2.05, 4.69) is 4.74 Å². The maximum Gasteiger partial charge on any atom is 1.00 e. The second kappa shape index (κ2) is 5.73. The number of methoxy groups -OCH3 is 1. The molecule has 1 aromatic rings. The van der Waals surface area contributed by atoms with E-state index in [0.717, 1.165) is 19.2 Å². The van der Waals surface area contributed by atoms with Crippen LogP contribution in [0.4, 0.5) is 13.2 Å². The maximum absolute atomic E-state index is 12.3. The molecule has 0 aromatic heterocycles. The van der Waals surface area contributed by atoms with Crippen LogP contribution in [0.3, 0.4) is 0 Å². The minimum absolute atomic E-state index is 0. The van der Waals surface area contributed by atoms with Crippen LogP contribution in [0.25, 0.3) is 0 Å². The Morgan fingerprint density at radius 1 is 1.38 bits per heavy atom. The normalized spacial score (nSPS) is 12.8. The predicted octanol–water partition coefficient (Wildman–Crippen LogP) is -1.04. The van der Waals surface area contributed by atoms with E-state index in [0.29, 0.717) is 6.07 Å². The van der Waals surface area contributed by atoms with Gasteiger partial charge in [-0.15, -0.1) is 0 Å². The van der Waals surface area contributed by atoms with Gasteiger partial charge in [-0.2, -0.15) is 13.2 Å². The van der Waals surface area contributed by atoms with Crippen molar-refractivity contribution in [1.29, 1.82) is 0 Å². The van der Waals surface area contributed by atoms with Crippen LogP contribution in [-0.4, -0.2) is 15.9 Å². The molecule has 0 radical (unpaired) electrons. The second-order valence-electron chi connectivity index (χ2n) is 2.59. The van der Waals surface area contributed by atoms with Crippen molar-refractivity contribution in [3.05, 3.63) is 23.8 Å². The number of halogens is 3. The van der Waals surface area contributed by atoms with Crippen molar-refractivity contribution in [2.24, 2.45) is 0 Å². The number of ether oxygens (including phenoxy) is 1. The molecule has 1 unspecified atom stereocenters. The molecular formula is C8H6F3LiO3S. The van der Waals surface area contributed by atoms with Crippen LogP contribution >= 0.6 is 0 Å². The monoisotopic (exact) mass is 246 g/mol. The minimum atomic E-state index is -4.56. The third-order valence-corrected chi connectivity index (χ3v) is 2.31. The summed E-state index contributed by atoms with van der Waals surface area (Å²) in [5.74, 6) is -0.510. The van der Waals surface area contributed by atoms with Gasteiger partial charge in [0, 0.05) is 4.90 Å². The molecule has 0 N–H and O–H groups in total. The third-order valence-electron chi connectivity index (χ3n) is 1.67. The smallest absolute Gasteiger partial charge is 0.768 e. The number of benzene rings is 1. The second-order valence-corrected chi connectivity index (χ2v) is 3.54. The number of hydrogen-bond donors (Lipinski definition) is 0. The molecule has 0 amide bonds. The van der Waals surface area contributed by atoms with E-state index in [1.807, 2.05) is 0 Å². The Kier molecular flexibility index (Phi) is 5.56. The van der Waals surface area contributed by atoms with Gasteiger partial charge in [-0.3, -0.25) is 4.21 Å². The summed E-state index contributed by atoms with van der Waals surface area (Å²) in [6.07, 6.45) is -4.56. The molecule has 0 spiro atoms. The van der Waals surface area contributed by atoms with E-state index in [-0.39, 0.29) is 23.8 Å². The molecule has 0 saturated carbocycles. The Balaban J connectivity index is 0.00000225. The first-order chi connectivity index (χ1) is 6.86. The summed E-state index contributed by atoms with van der Waals surface area (Å²) in [7, 11) is 1.04. The Morgan fingerprint density at radius 2 is 1.94 bits per heavy atom. The molecule has 16 heavy (non-hydrogen) atoms. The average Bonchev–Trinajstić information content (AvgIpc) is 2.15. The molecule has 1 aromatic carbocycles. The Morgan fingerprint density at radius 3 is 2.31 bits per heavy atom. The van der Waals surface area contributed by atoms with Crippen LogP contribution < -0.4 is 23.6 Å². The molecule has 3 nitrogen and oxygen atoms in total. The molecule has 0 heterocycles. The number of hydrogen-bond acceptors (Lipinski definition) is 3. The van der Waals surface area contributed by atoms with Crippen molar-refractivity contribution in [3.8, 4) is 5.75 Å². The topological polar surface area (TPSA) is 49.4 Å². The SMILES string of the molecule is COc1cc(S(=O)[O-])ccc1C(F)(F)F.[Li+]. The molecule has 0 aliphatic carbocycles. The van der Waals surface area contributed by atoms with Crippen LogP contribution in [0.1, 0.15) is 5.56 Å². The van der Waals surface area contributed by atoms with Gasteiger partial charge in [0.05, 0.1) is 12.7 Å². The molecule has 84 valence electrons. The van der Waals surface area contributed by atoms with Crippen molar-refractivity contribution in [3.63, 3.8) is 0 Å². The maximum atomic E-state index is 12.3. The fourth-order valence-corrected chi connectivity index (χ4v) is 1.39. The standard InChI is InChI=1S/C8H7F3O3S.Li/c1-14-7-4-5(15(12)13)2-3-6(7)8(9,10)11;/h2-4H,1H3,(H,12,13);/q;+1/p-1. The molecule has 0 bridgehead atoms. The van der Waals surface area contributed by atoms with Gasteiger partial charge < -0.3 is 9.29 Å². The summed E-state index contributed by atoms with van der Waals surface area (Å²) in [6.45, 7) is 0. The summed E-state index contributed by atoms with van der Waals surface area (Å²) in [5.41, 5.74) is -1.00. The molecule has 0 aliphatic rings. The predicted molar refractivity (Wildman–Crippen MR) is 45.2 cm³/mol. The van der Waals surface area contributed by atoms with Crippen LogP contribution in [0.2, 0.25) is 0 Å². The fourth-order valence-electron chi connectivity index (χ4n) is 1.01. The Hall–Kier alpha value is -0.483. The minimum Gasteiger partial charge on any atom is -0.768 e. The average molecular weight is 246 g/mol. The summed E-state index contributed by atoms with van der Waals surface area (Å²) >= 11 is -2.57. The van der Waals surface area contributed by atoms with E-state index in [1.165, 1.54) is 0 Å². The first-order valence-corrected chi connectivity index (χ1v) is 4.78. The third kappa shape index (κ3) is 3.52. The molecular weight excluding hydrogens is 240 g/mol. The summed E-state index contributed by atoms with van der Waals surface area (Å²) in [4.78, 5) is -0.250. The van der Waals surface area contributed by atoms with Crippen LogP contribution in [0.15, 0.2) is 23.1 Å². The zero-order chi connectivity index (χ0) is 11.6. The zero-order valence-electron chi connectivity index (χ0n) is 8.50. The van der Waals surface area contributed by atoms with Gasteiger partial charge in [0.2, 0.25) is 0 Å². The van der Waals surface area contributed by atoms with Gasteiger partial charge in [-0.25, -0.2) is 0 Å². The van der Waals surface area contributed by atoms with E-state index in [1.54, 1.807) is 0 Å². The summed E-state index contributed by atoms with van der Waals surface area (Å²) in [6, 6.07) is 2.37. The summed E-state index contributed by atoms with van der Waals surface area (Å²) in [5, 5.41) is 0. The van der Waals surface area contributed by atoms with Gasteiger partial charge in [0.1, 0.15) is 5.75 Å². The summed E-state index contributed by atoms with van der Waals surface area (Å²) < 4.78 is 62.5. The molecule has 8 heteroatoms. The molecule has 0 aliphatic heterocycles. The van der Waals surface area contributed by atoms with Crippen molar-refractivity contribution in [1.82, 2.24) is 0 Å².